The molecule has 2 aromatic rings. The number of aryl methyl sites for hydroxylation is 1. The lowest BCUT2D eigenvalue weighted by atomic mass is 10.2. The molecular weight excluding hydrogens is 176 g/mol. The van der Waals surface area contributed by atoms with Gasteiger partial charge in [0.1, 0.15) is 5.82 Å². The summed E-state index contributed by atoms with van der Waals surface area (Å²) in [5.74, 6) is 0.714. The van der Waals surface area contributed by atoms with Gasteiger partial charge >= 0.3 is 0 Å². The minimum Gasteiger partial charge on any atom is -0.396 e. The van der Waals surface area contributed by atoms with Crippen molar-refractivity contribution in [2.24, 2.45) is 0 Å². The molecule has 2 aromatic heterocycles. The number of pyridine rings is 1. The van der Waals surface area contributed by atoms with Crippen LogP contribution >= 0.6 is 0 Å². The molecule has 70 valence electrons. The molecule has 0 saturated carbocycles. The van der Waals surface area contributed by atoms with Gasteiger partial charge in [-0.25, -0.2) is 9.97 Å². The second-order valence-corrected chi connectivity index (χ2v) is 2.96. The standard InChI is InChI=1S/C10H10N4/c1-7-13-6-9(11)10(14-7)8-2-4-12-5-3-8/h2-6H,11H2,1H3. The van der Waals surface area contributed by atoms with Crippen LogP contribution in [0.4, 0.5) is 5.69 Å². The molecule has 2 N–H and O–H groups in total. The molecule has 4 nitrogen and oxygen atoms in total. The predicted octanol–water partition coefficient (Wildman–Crippen LogP) is 1.43. The summed E-state index contributed by atoms with van der Waals surface area (Å²) in [5, 5.41) is 0. The number of nitrogens with zero attached hydrogens (tertiary/aromatic N) is 3. The lowest BCUT2D eigenvalue weighted by molar-refractivity contribution is 1.06. The Kier molecular flexibility index (Phi) is 2.10. The minimum atomic E-state index is 0.585. The number of aromatic nitrogens is 3. The highest BCUT2D eigenvalue weighted by atomic mass is 14.9. The van der Waals surface area contributed by atoms with Crippen LogP contribution in [0.2, 0.25) is 0 Å². The van der Waals surface area contributed by atoms with E-state index in [0.29, 0.717) is 11.5 Å². The quantitative estimate of drug-likeness (QED) is 0.731. The first-order chi connectivity index (χ1) is 6.77. The number of nitrogens with two attached hydrogens (primary N) is 1. The van der Waals surface area contributed by atoms with E-state index >= 15 is 0 Å². The van der Waals surface area contributed by atoms with E-state index in [1.54, 1.807) is 18.6 Å². The van der Waals surface area contributed by atoms with Crippen molar-refractivity contribution in [1.29, 1.82) is 0 Å². The van der Waals surface area contributed by atoms with E-state index in [0.717, 1.165) is 11.3 Å². The SMILES string of the molecule is Cc1ncc(N)c(-c2ccncc2)n1. The third-order valence-corrected chi connectivity index (χ3v) is 1.89. The van der Waals surface area contributed by atoms with Gasteiger partial charge < -0.3 is 5.73 Å². The largest absolute Gasteiger partial charge is 0.396 e. The fourth-order valence-corrected chi connectivity index (χ4v) is 1.22. The van der Waals surface area contributed by atoms with Crippen LogP contribution < -0.4 is 5.73 Å². The highest BCUT2D eigenvalue weighted by Gasteiger charge is 2.04. The Labute approximate surface area is 81.9 Å². The summed E-state index contributed by atoms with van der Waals surface area (Å²) in [4.78, 5) is 12.2. The van der Waals surface area contributed by atoms with Gasteiger partial charge in [-0.2, -0.15) is 0 Å². The number of anilines is 1. The first-order valence-electron chi connectivity index (χ1n) is 4.27. The molecule has 14 heavy (non-hydrogen) atoms. The van der Waals surface area contributed by atoms with Gasteiger partial charge in [0.2, 0.25) is 0 Å². The van der Waals surface area contributed by atoms with Gasteiger partial charge in [0.05, 0.1) is 17.6 Å². The molecule has 4 heteroatoms. The Morgan fingerprint density at radius 2 is 1.93 bits per heavy atom. The van der Waals surface area contributed by atoms with Gasteiger partial charge in [0, 0.05) is 18.0 Å². The van der Waals surface area contributed by atoms with Crippen molar-refractivity contribution in [2.45, 2.75) is 6.92 Å². The first kappa shape index (κ1) is 8.62. The molecule has 0 radical (unpaired) electrons. The summed E-state index contributed by atoms with van der Waals surface area (Å²) >= 11 is 0. The number of hydrogen-bond acceptors (Lipinski definition) is 4. The molecule has 2 heterocycles. The molecule has 2 rings (SSSR count). The van der Waals surface area contributed by atoms with Crippen LogP contribution in [-0.4, -0.2) is 15.0 Å². The highest BCUT2D eigenvalue weighted by molar-refractivity contribution is 5.71. The maximum atomic E-state index is 5.78. The third kappa shape index (κ3) is 1.54. The van der Waals surface area contributed by atoms with Crippen molar-refractivity contribution in [1.82, 2.24) is 15.0 Å². The summed E-state index contributed by atoms with van der Waals surface area (Å²) in [7, 11) is 0. The van der Waals surface area contributed by atoms with Crippen molar-refractivity contribution >= 4 is 5.69 Å². The van der Waals surface area contributed by atoms with Gasteiger partial charge in [-0.3, -0.25) is 4.98 Å². The van der Waals surface area contributed by atoms with Gasteiger partial charge in [-0.05, 0) is 19.1 Å². The van der Waals surface area contributed by atoms with Crippen LogP contribution in [0.5, 0.6) is 0 Å². The lowest BCUT2D eigenvalue weighted by Crippen LogP contribution is -1.97. The van der Waals surface area contributed by atoms with Gasteiger partial charge in [-0.15, -0.1) is 0 Å². The fourth-order valence-electron chi connectivity index (χ4n) is 1.22. The van der Waals surface area contributed by atoms with Gasteiger partial charge in [0.25, 0.3) is 0 Å². The van der Waals surface area contributed by atoms with Crippen molar-refractivity contribution in [3.8, 4) is 11.3 Å². The topological polar surface area (TPSA) is 64.7 Å². The number of rotatable bonds is 1. The van der Waals surface area contributed by atoms with E-state index in [9.17, 15) is 0 Å². The smallest absolute Gasteiger partial charge is 0.126 e. The molecule has 0 spiro atoms. The summed E-state index contributed by atoms with van der Waals surface area (Å²) in [6.45, 7) is 1.84. The zero-order valence-corrected chi connectivity index (χ0v) is 7.81. The van der Waals surface area contributed by atoms with Crippen LogP contribution in [-0.2, 0) is 0 Å². The monoisotopic (exact) mass is 186 g/mol. The van der Waals surface area contributed by atoms with Crippen LogP contribution in [0.3, 0.4) is 0 Å². The molecule has 0 atom stereocenters. The average molecular weight is 186 g/mol. The van der Waals surface area contributed by atoms with E-state index in [1.165, 1.54) is 0 Å². The Morgan fingerprint density at radius 1 is 1.21 bits per heavy atom. The second kappa shape index (κ2) is 3.41. The molecule has 0 unspecified atom stereocenters. The highest BCUT2D eigenvalue weighted by Crippen LogP contribution is 2.21. The molecule has 0 amide bonds. The van der Waals surface area contributed by atoms with E-state index in [1.807, 2.05) is 19.1 Å². The molecule has 0 saturated heterocycles. The first-order valence-corrected chi connectivity index (χ1v) is 4.27. The maximum Gasteiger partial charge on any atom is 0.126 e. The van der Waals surface area contributed by atoms with Crippen LogP contribution in [0.15, 0.2) is 30.7 Å². The maximum absolute atomic E-state index is 5.78. The normalized spacial score (nSPS) is 10.1. The molecule has 0 aliphatic rings. The van der Waals surface area contributed by atoms with Crippen LogP contribution in [0, 0.1) is 6.92 Å². The fraction of sp³-hybridized carbons (Fsp3) is 0.100. The van der Waals surface area contributed by atoms with Crippen molar-refractivity contribution < 1.29 is 0 Å². The third-order valence-electron chi connectivity index (χ3n) is 1.89. The number of nitrogen functional groups attached to an aromatic ring is 1. The Hall–Kier alpha value is -1.97. The molecule has 0 aromatic carbocycles. The van der Waals surface area contributed by atoms with Crippen molar-refractivity contribution in [2.75, 3.05) is 5.73 Å². The Morgan fingerprint density at radius 3 is 2.64 bits per heavy atom. The summed E-state index contributed by atoms with van der Waals surface area (Å²) in [5.41, 5.74) is 8.09. The second-order valence-electron chi connectivity index (χ2n) is 2.96. The van der Waals surface area contributed by atoms with E-state index in [-0.39, 0.29) is 0 Å². The van der Waals surface area contributed by atoms with Crippen molar-refractivity contribution in [3.05, 3.63) is 36.5 Å². The zero-order valence-electron chi connectivity index (χ0n) is 7.81. The minimum absolute atomic E-state index is 0.585. The summed E-state index contributed by atoms with van der Waals surface area (Å²) < 4.78 is 0. The number of hydrogen-bond donors (Lipinski definition) is 1. The summed E-state index contributed by atoms with van der Waals surface area (Å²) in [6.07, 6.45) is 5.05. The van der Waals surface area contributed by atoms with Gasteiger partial charge in [-0.1, -0.05) is 0 Å². The lowest BCUT2D eigenvalue weighted by Gasteiger charge is -2.04. The summed E-state index contributed by atoms with van der Waals surface area (Å²) in [6, 6.07) is 3.75. The van der Waals surface area contributed by atoms with Crippen LogP contribution in [0.1, 0.15) is 5.82 Å². The molecule has 0 aliphatic carbocycles. The van der Waals surface area contributed by atoms with Crippen molar-refractivity contribution in [3.63, 3.8) is 0 Å². The Bertz CT molecular complexity index is 439. The van der Waals surface area contributed by atoms with E-state index in [4.69, 9.17) is 5.73 Å². The molecular formula is C10H10N4. The van der Waals surface area contributed by atoms with Crippen LogP contribution in [0.25, 0.3) is 11.3 Å². The molecule has 0 bridgehead atoms. The zero-order chi connectivity index (χ0) is 9.97. The average Bonchev–Trinajstić information content (AvgIpc) is 2.23. The molecule has 0 fully saturated rings. The van der Waals surface area contributed by atoms with E-state index in [2.05, 4.69) is 15.0 Å². The van der Waals surface area contributed by atoms with E-state index < -0.39 is 0 Å². The van der Waals surface area contributed by atoms with Gasteiger partial charge in [0.15, 0.2) is 0 Å². The Balaban J connectivity index is 2.57. The predicted molar refractivity (Wildman–Crippen MR) is 54.4 cm³/mol. The molecule has 0 aliphatic heterocycles.